The molecule has 2 N–H and O–H groups in total. The zero-order valence-corrected chi connectivity index (χ0v) is 12.4. The Kier molecular flexibility index (Phi) is 4.09. The smallest absolute Gasteiger partial charge is 0.0394 e. The molecule has 20 heavy (non-hydrogen) atoms. The van der Waals surface area contributed by atoms with Crippen LogP contribution in [0.4, 0.5) is 5.69 Å². The van der Waals surface area contributed by atoms with Gasteiger partial charge in [0, 0.05) is 11.3 Å². The van der Waals surface area contributed by atoms with E-state index in [9.17, 15) is 0 Å². The average Bonchev–Trinajstić information content (AvgIpc) is 2.42. The molecule has 0 saturated heterocycles. The standard InChI is InChI=1S/C19H21N/c1-5-9-16-13(3)12-14(4)19(15(16)6-2)17-10-7-8-11-18(17)20/h5-12H,2,20H2,1,3-4H3/b9-5-. The van der Waals surface area contributed by atoms with Crippen molar-refractivity contribution in [3.63, 3.8) is 0 Å². The third-order valence-corrected chi connectivity index (χ3v) is 3.58. The van der Waals surface area contributed by atoms with Crippen molar-refractivity contribution in [3.05, 3.63) is 65.2 Å². The number of hydrogen-bond donors (Lipinski definition) is 1. The zero-order valence-electron chi connectivity index (χ0n) is 12.4. The Balaban J connectivity index is 2.86. The summed E-state index contributed by atoms with van der Waals surface area (Å²) in [5, 5.41) is 0. The minimum Gasteiger partial charge on any atom is -0.398 e. The summed E-state index contributed by atoms with van der Waals surface area (Å²) in [6.45, 7) is 10.3. The van der Waals surface area contributed by atoms with Crippen LogP contribution in [0.2, 0.25) is 0 Å². The molecule has 0 atom stereocenters. The molecule has 0 aliphatic carbocycles. The Morgan fingerprint density at radius 1 is 1.05 bits per heavy atom. The van der Waals surface area contributed by atoms with Crippen LogP contribution in [0.15, 0.2) is 43.0 Å². The molecule has 0 aromatic heterocycles. The molecule has 0 radical (unpaired) electrons. The molecule has 102 valence electrons. The Morgan fingerprint density at radius 3 is 2.35 bits per heavy atom. The first kappa shape index (κ1) is 14.1. The molecule has 0 saturated carbocycles. The topological polar surface area (TPSA) is 26.0 Å². The predicted molar refractivity (Wildman–Crippen MR) is 90.6 cm³/mol. The molecule has 0 amide bonds. The van der Waals surface area contributed by atoms with Gasteiger partial charge in [0.2, 0.25) is 0 Å². The van der Waals surface area contributed by atoms with Crippen molar-refractivity contribution in [1.29, 1.82) is 0 Å². The van der Waals surface area contributed by atoms with Crippen molar-refractivity contribution in [3.8, 4) is 11.1 Å². The SMILES string of the molecule is C=Cc1c(/C=C\C)c(C)cc(C)c1-c1ccccc1N. The number of para-hydroxylation sites is 1. The summed E-state index contributed by atoms with van der Waals surface area (Å²) in [5.74, 6) is 0. The number of nitrogen functional groups attached to an aromatic ring is 1. The van der Waals surface area contributed by atoms with Crippen molar-refractivity contribution in [2.75, 3.05) is 5.73 Å². The van der Waals surface area contributed by atoms with Crippen LogP contribution < -0.4 is 5.73 Å². The van der Waals surface area contributed by atoms with Crippen LogP contribution in [0, 0.1) is 13.8 Å². The van der Waals surface area contributed by atoms with E-state index in [1.54, 1.807) is 0 Å². The summed E-state index contributed by atoms with van der Waals surface area (Å²) >= 11 is 0. The summed E-state index contributed by atoms with van der Waals surface area (Å²) in [5.41, 5.74) is 14.1. The van der Waals surface area contributed by atoms with Gasteiger partial charge in [-0.05, 0) is 54.7 Å². The molecule has 0 heterocycles. The van der Waals surface area contributed by atoms with E-state index in [-0.39, 0.29) is 0 Å². The number of allylic oxidation sites excluding steroid dienone is 1. The maximum Gasteiger partial charge on any atom is 0.0394 e. The molecular formula is C19H21N. The molecule has 1 nitrogen and oxygen atoms in total. The normalized spacial score (nSPS) is 10.9. The molecule has 1 heteroatoms. The highest BCUT2D eigenvalue weighted by molar-refractivity contribution is 5.88. The van der Waals surface area contributed by atoms with Crippen LogP contribution in [-0.2, 0) is 0 Å². The van der Waals surface area contributed by atoms with Gasteiger partial charge in [0.15, 0.2) is 0 Å². The predicted octanol–water partition coefficient (Wildman–Crippen LogP) is 5.23. The minimum absolute atomic E-state index is 0.800. The van der Waals surface area contributed by atoms with E-state index in [1.807, 2.05) is 31.2 Å². The van der Waals surface area contributed by atoms with Crippen molar-refractivity contribution >= 4 is 17.8 Å². The van der Waals surface area contributed by atoms with Crippen molar-refractivity contribution in [2.45, 2.75) is 20.8 Å². The van der Waals surface area contributed by atoms with E-state index in [0.717, 1.165) is 16.8 Å². The van der Waals surface area contributed by atoms with Crippen LogP contribution in [0.1, 0.15) is 29.2 Å². The van der Waals surface area contributed by atoms with E-state index < -0.39 is 0 Å². The molecule has 2 aromatic carbocycles. The van der Waals surface area contributed by atoms with E-state index >= 15 is 0 Å². The Hall–Kier alpha value is -2.28. The van der Waals surface area contributed by atoms with Gasteiger partial charge < -0.3 is 5.73 Å². The van der Waals surface area contributed by atoms with Gasteiger partial charge in [-0.1, -0.05) is 49.1 Å². The lowest BCUT2D eigenvalue weighted by molar-refractivity contribution is 1.35. The monoisotopic (exact) mass is 263 g/mol. The molecular weight excluding hydrogens is 242 g/mol. The van der Waals surface area contributed by atoms with Gasteiger partial charge >= 0.3 is 0 Å². The van der Waals surface area contributed by atoms with E-state index in [4.69, 9.17) is 5.73 Å². The lowest BCUT2D eigenvalue weighted by atomic mass is 9.87. The van der Waals surface area contributed by atoms with Crippen molar-refractivity contribution in [1.82, 2.24) is 0 Å². The molecule has 0 fully saturated rings. The van der Waals surface area contributed by atoms with Gasteiger partial charge in [0.1, 0.15) is 0 Å². The number of anilines is 1. The lowest BCUT2D eigenvalue weighted by Crippen LogP contribution is -1.98. The second-order valence-corrected chi connectivity index (χ2v) is 5.00. The number of nitrogens with two attached hydrogens (primary N) is 1. The number of rotatable bonds is 3. The van der Waals surface area contributed by atoms with Crippen LogP contribution >= 0.6 is 0 Å². The summed E-state index contributed by atoms with van der Waals surface area (Å²) in [6, 6.07) is 10.2. The summed E-state index contributed by atoms with van der Waals surface area (Å²) in [6.07, 6.45) is 6.12. The summed E-state index contributed by atoms with van der Waals surface area (Å²) in [7, 11) is 0. The third-order valence-electron chi connectivity index (χ3n) is 3.58. The van der Waals surface area contributed by atoms with E-state index in [1.165, 1.54) is 22.3 Å². The van der Waals surface area contributed by atoms with Gasteiger partial charge in [-0.25, -0.2) is 0 Å². The van der Waals surface area contributed by atoms with Gasteiger partial charge in [-0.15, -0.1) is 0 Å². The van der Waals surface area contributed by atoms with Crippen LogP contribution in [0.3, 0.4) is 0 Å². The van der Waals surface area contributed by atoms with E-state index in [0.29, 0.717) is 0 Å². The molecule has 0 aliphatic rings. The average molecular weight is 263 g/mol. The second-order valence-electron chi connectivity index (χ2n) is 5.00. The Morgan fingerprint density at radius 2 is 1.75 bits per heavy atom. The first-order chi connectivity index (χ1) is 9.60. The fourth-order valence-electron chi connectivity index (χ4n) is 2.72. The maximum absolute atomic E-state index is 6.15. The molecule has 0 bridgehead atoms. The fraction of sp³-hybridized carbons (Fsp3) is 0.158. The van der Waals surface area contributed by atoms with E-state index in [2.05, 4.69) is 44.7 Å². The molecule has 0 unspecified atom stereocenters. The highest BCUT2D eigenvalue weighted by atomic mass is 14.6. The first-order valence-electron chi connectivity index (χ1n) is 6.84. The Bertz CT molecular complexity index is 678. The number of aryl methyl sites for hydroxylation is 2. The van der Waals surface area contributed by atoms with Crippen molar-refractivity contribution in [2.24, 2.45) is 0 Å². The second kappa shape index (κ2) is 5.79. The highest BCUT2D eigenvalue weighted by Crippen LogP contribution is 2.36. The minimum atomic E-state index is 0.800. The van der Waals surface area contributed by atoms with Crippen LogP contribution in [0.25, 0.3) is 23.3 Å². The maximum atomic E-state index is 6.15. The van der Waals surface area contributed by atoms with Crippen LogP contribution in [0.5, 0.6) is 0 Å². The van der Waals surface area contributed by atoms with Gasteiger partial charge in [0.05, 0.1) is 0 Å². The molecule has 0 aliphatic heterocycles. The molecule has 2 rings (SSSR count). The first-order valence-corrected chi connectivity index (χ1v) is 6.84. The van der Waals surface area contributed by atoms with Gasteiger partial charge in [0.25, 0.3) is 0 Å². The highest BCUT2D eigenvalue weighted by Gasteiger charge is 2.13. The summed E-state index contributed by atoms with van der Waals surface area (Å²) < 4.78 is 0. The Labute approximate surface area is 121 Å². The van der Waals surface area contributed by atoms with Gasteiger partial charge in [-0.3, -0.25) is 0 Å². The van der Waals surface area contributed by atoms with Crippen molar-refractivity contribution < 1.29 is 0 Å². The third kappa shape index (κ3) is 2.39. The summed E-state index contributed by atoms with van der Waals surface area (Å²) in [4.78, 5) is 0. The fourth-order valence-corrected chi connectivity index (χ4v) is 2.72. The zero-order chi connectivity index (χ0) is 14.7. The lowest BCUT2D eigenvalue weighted by Gasteiger charge is -2.17. The van der Waals surface area contributed by atoms with Gasteiger partial charge in [-0.2, -0.15) is 0 Å². The molecule has 0 spiro atoms. The number of hydrogen-bond acceptors (Lipinski definition) is 1. The van der Waals surface area contributed by atoms with Crippen LogP contribution in [-0.4, -0.2) is 0 Å². The number of benzene rings is 2. The largest absolute Gasteiger partial charge is 0.398 e. The molecule has 2 aromatic rings. The quantitative estimate of drug-likeness (QED) is 0.754.